The highest BCUT2D eigenvalue weighted by Gasteiger charge is 2.35. The molecule has 0 amide bonds. The number of hydrogen-bond acceptors (Lipinski definition) is 8. The van der Waals surface area contributed by atoms with Crippen LogP contribution >= 0.6 is 0 Å². The predicted molar refractivity (Wildman–Crippen MR) is 125 cm³/mol. The second-order valence-corrected chi connectivity index (χ2v) is 9.29. The van der Waals surface area contributed by atoms with Gasteiger partial charge in [-0.1, -0.05) is 67.6 Å². The smallest absolute Gasteiger partial charge is 0.306 e. The van der Waals surface area contributed by atoms with E-state index in [0.717, 1.165) is 11.1 Å². The van der Waals surface area contributed by atoms with Crippen LogP contribution in [0.15, 0.2) is 60.7 Å². The van der Waals surface area contributed by atoms with Gasteiger partial charge in [0.25, 0.3) is 0 Å². The Kier molecular flexibility index (Phi) is 8.87. The number of carbonyl (C=O) groups is 2. The Balaban J connectivity index is 1.08. The van der Waals surface area contributed by atoms with Gasteiger partial charge in [-0.25, -0.2) is 0 Å². The molecule has 0 N–H and O–H groups in total. The lowest BCUT2D eigenvalue weighted by molar-refractivity contribution is -0.239. The number of benzene rings is 2. The van der Waals surface area contributed by atoms with E-state index >= 15 is 0 Å². The molecule has 8 nitrogen and oxygen atoms in total. The first-order valence-corrected chi connectivity index (χ1v) is 11.9. The predicted octanol–water partition coefficient (Wildman–Crippen LogP) is 3.97. The number of hydrogen-bond donors (Lipinski definition) is 0. The Hall–Kier alpha value is -2.78. The summed E-state index contributed by atoms with van der Waals surface area (Å²) in [4.78, 5) is 24.2. The highest BCUT2D eigenvalue weighted by atomic mass is 16.7. The molecule has 35 heavy (non-hydrogen) atoms. The van der Waals surface area contributed by atoms with Gasteiger partial charge in [0.1, 0.15) is 6.61 Å². The molecule has 0 radical (unpaired) electrons. The normalized spacial score (nSPS) is 26.6. The molecule has 0 bridgehead atoms. The minimum Gasteiger partial charge on any atom is -0.465 e. The van der Waals surface area contributed by atoms with E-state index in [-0.39, 0.29) is 32.0 Å². The van der Waals surface area contributed by atoms with Crippen molar-refractivity contribution in [2.24, 2.45) is 11.3 Å². The summed E-state index contributed by atoms with van der Waals surface area (Å²) >= 11 is 0. The second kappa shape index (κ2) is 12.3. The van der Waals surface area contributed by atoms with Gasteiger partial charge >= 0.3 is 11.9 Å². The highest BCUT2D eigenvalue weighted by Crippen LogP contribution is 2.32. The summed E-state index contributed by atoms with van der Waals surface area (Å²) in [5, 5.41) is 0. The Morgan fingerprint density at radius 3 is 1.80 bits per heavy atom. The molecule has 2 aromatic rings. The average Bonchev–Trinajstić information content (AvgIpc) is 2.91. The number of ether oxygens (including phenoxy) is 6. The van der Waals surface area contributed by atoms with Crippen molar-refractivity contribution in [1.29, 1.82) is 0 Å². The number of rotatable bonds is 9. The largest absolute Gasteiger partial charge is 0.465 e. The lowest BCUT2D eigenvalue weighted by Crippen LogP contribution is -2.40. The van der Waals surface area contributed by atoms with Crippen molar-refractivity contribution in [1.82, 2.24) is 0 Å². The first-order valence-electron chi connectivity index (χ1n) is 11.9. The molecular formula is C27H32O8. The topological polar surface area (TPSA) is 89.5 Å². The number of carbonyl (C=O) groups excluding carboxylic acids is 2. The van der Waals surface area contributed by atoms with Crippen LogP contribution in [0.25, 0.3) is 0 Å². The third kappa shape index (κ3) is 7.60. The SMILES string of the molecule is CC1(COC(=O)CCC(=O)OCC2COC(c3ccccc3)OC2)COC(c2ccccc2)OC1. The molecule has 0 atom stereocenters. The van der Waals surface area contributed by atoms with Crippen molar-refractivity contribution in [3.63, 3.8) is 0 Å². The van der Waals surface area contributed by atoms with Crippen molar-refractivity contribution >= 4 is 11.9 Å². The van der Waals surface area contributed by atoms with E-state index in [1.807, 2.05) is 67.6 Å². The van der Waals surface area contributed by atoms with Crippen LogP contribution in [-0.2, 0) is 38.0 Å². The maximum absolute atomic E-state index is 12.1. The van der Waals surface area contributed by atoms with E-state index in [2.05, 4.69) is 0 Å². The fraction of sp³-hybridized carbons (Fsp3) is 0.481. The first-order chi connectivity index (χ1) is 17.0. The Labute approximate surface area is 205 Å². The molecule has 0 unspecified atom stereocenters. The molecule has 2 heterocycles. The van der Waals surface area contributed by atoms with Gasteiger partial charge in [-0.05, 0) is 0 Å². The average molecular weight is 485 g/mol. The third-order valence-electron chi connectivity index (χ3n) is 5.87. The molecule has 0 aromatic heterocycles. The van der Waals surface area contributed by atoms with Crippen LogP contribution in [0, 0.1) is 11.3 Å². The minimum atomic E-state index is -0.455. The van der Waals surface area contributed by atoms with Crippen LogP contribution in [0.1, 0.15) is 43.5 Å². The summed E-state index contributed by atoms with van der Waals surface area (Å²) in [6.07, 6.45) is -0.903. The van der Waals surface area contributed by atoms with E-state index < -0.39 is 29.9 Å². The quantitative estimate of drug-likeness (QED) is 0.494. The van der Waals surface area contributed by atoms with Crippen LogP contribution in [0.2, 0.25) is 0 Å². The zero-order valence-electron chi connectivity index (χ0n) is 19.9. The molecule has 2 saturated heterocycles. The van der Waals surface area contributed by atoms with E-state index in [9.17, 15) is 9.59 Å². The summed E-state index contributed by atoms with van der Waals surface area (Å²) in [5.74, 6) is -0.950. The Morgan fingerprint density at radius 2 is 1.26 bits per heavy atom. The first kappa shape index (κ1) is 25.3. The van der Waals surface area contributed by atoms with Crippen molar-refractivity contribution in [3.05, 3.63) is 71.8 Å². The fourth-order valence-corrected chi connectivity index (χ4v) is 3.79. The molecule has 2 aliphatic heterocycles. The van der Waals surface area contributed by atoms with Crippen LogP contribution in [-0.4, -0.2) is 51.6 Å². The van der Waals surface area contributed by atoms with Crippen molar-refractivity contribution < 1.29 is 38.0 Å². The molecule has 0 saturated carbocycles. The lowest BCUT2D eigenvalue weighted by atomic mass is 9.93. The zero-order chi connectivity index (χ0) is 24.5. The lowest BCUT2D eigenvalue weighted by Gasteiger charge is -2.36. The molecule has 8 heteroatoms. The second-order valence-electron chi connectivity index (χ2n) is 9.29. The Morgan fingerprint density at radius 1 is 0.771 bits per heavy atom. The fourth-order valence-electron chi connectivity index (χ4n) is 3.79. The maximum atomic E-state index is 12.1. The maximum Gasteiger partial charge on any atom is 0.306 e. The van der Waals surface area contributed by atoms with Crippen LogP contribution < -0.4 is 0 Å². The van der Waals surface area contributed by atoms with Crippen LogP contribution in [0.5, 0.6) is 0 Å². The summed E-state index contributed by atoms with van der Waals surface area (Å²) < 4.78 is 33.8. The van der Waals surface area contributed by atoms with Gasteiger partial charge < -0.3 is 28.4 Å². The standard InChI is InChI=1S/C27H32O8/c1-27(18-34-26(35-19-27)22-10-6-3-7-11-22)17-33-24(29)13-12-23(28)30-14-20-15-31-25(32-16-20)21-8-4-2-5-9-21/h2-11,20,25-26H,12-19H2,1H3. The van der Waals surface area contributed by atoms with Crippen molar-refractivity contribution in [2.45, 2.75) is 32.3 Å². The van der Waals surface area contributed by atoms with Gasteiger partial charge in [-0.15, -0.1) is 0 Å². The molecular weight excluding hydrogens is 452 g/mol. The summed E-state index contributed by atoms with van der Waals surface area (Å²) in [6.45, 7) is 3.95. The van der Waals surface area contributed by atoms with E-state index in [1.54, 1.807) is 0 Å². The highest BCUT2D eigenvalue weighted by molar-refractivity contribution is 5.77. The summed E-state index contributed by atoms with van der Waals surface area (Å²) in [7, 11) is 0. The van der Waals surface area contributed by atoms with E-state index in [0.29, 0.717) is 26.4 Å². The molecule has 2 aliphatic rings. The molecule has 4 rings (SSSR count). The molecule has 188 valence electrons. The molecule has 0 aliphatic carbocycles. The zero-order valence-corrected chi connectivity index (χ0v) is 19.9. The van der Waals surface area contributed by atoms with Gasteiger partial charge in [-0.2, -0.15) is 0 Å². The van der Waals surface area contributed by atoms with Crippen molar-refractivity contribution in [3.8, 4) is 0 Å². The third-order valence-corrected chi connectivity index (χ3v) is 5.87. The van der Waals surface area contributed by atoms with Gasteiger partial charge in [-0.3, -0.25) is 9.59 Å². The minimum absolute atomic E-state index is 0.0420. The van der Waals surface area contributed by atoms with Gasteiger partial charge in [0.15, 0.2) is 12.6 Å². The van der Waals surface area contributed by atoms with Gasteiger partial charge in [0, 0.05) is 22.5 Å². The molecule has 2 fully saturated rings. The molecule has 2 aromatic carbocycles. The van der Waals surface area contributed by atoms with E-state index in [1.165, 1.54) is 0 Å². The number of esters is 2. The van der Waals surface area contributed by atoms with Crippen LogP contribution in [0.3, 0.4) is 0 Å². The van der Waals surface area contributed by atoms with Gasteiger partial charge in [0.05, 0.1) is 45.9 Å². The Bertz CT molecular complexity index is 932. The summed E-state index contributed by atoms with van der Waals surface area (Å²) in [5.41, 5.74) is 1.46. The van der Waals surface area contributed by atoms with Crippen LogP contribution in [0.4, 0.5) is 0 Å². The molecule has 0 spiro atoms. The monoisotopic (exact) mass is 484 g/mol. The van der Waals surface area contributed by atoms with E-state index in [4.69, 9.17) is 28.4 Å². The van der Waals surface area contributed by atoms with Crippen molar-refractivity contribution in [2.75, 3.05) is 39.6 Å². The summed E-state index contributed by atoms with van der Waals surface area (Å²) in [6, 6.07) is 19.4. The van der Waals surface area contributed by atoms with Gasteiger partial charge in [0.2, 0.25) is 0 Å².